The van der Waals surface area contributed by atoms with Gasteiger partial charge in [-0.15, -0.1) is 0 Å². The lowest BCUT2D eigenvalue weighted by atomic mass is 10.2. The molecule has 1 aliphatic heterocycles. The van der Waals surface area contributed by atoms with Crippen molar-refractivity contribution in [2.24, 2.45) is 7.05 Å². The van der Waals surface area contributed by atoms with Crippen molar-refractivity contribution in [1.29, 1.82) is 0 Å². The maximum Gasteiger partial charge on any atom is 0.223 e. The van der Waals surface area contributed by atoms with Crippen LogP contribution in [0.4, 0.5) is 0 Å². The lowest BCUT2D eigenvalue weighted by Gasteiger charge is -2.11. The number of amides is 1. The number of aromatic nitrogens is 1. The van der Waals surface area contributed by atoms with E-state index in [1.165, 1.54) is 11.3 Å². The Morgan fingerprint density at radius 2 is 2.36 bits per heavy atom. The number of pyridine rings is 1. The van der Waals surface area contributed by atoms with Crippen LogP contribution in [0.15, 0.2) is 18.3 Å². The summed E-state index contributed by atoms with van der Waals surface area (Å²) in [5.74, 6) is 0.237. The summed E-state index contributed by atoms with van der Waals surface area (Å²) in [6.45, 7) is 3.45. The highest BCUT2D eigenvalue weighted by molar-refractivity contribution is 5.76. The zero-order valence-corrected chi connectivity index (χ0v) is 8.66. The third-order valence-corrected chi connectivity index (χ3v) is 2.76. The molecule has 1 aliphatic rings. The molecule has 14 heavy (non-hydrogen) atoms. The van der Waals surface area contributed by atoms with Crippen LogP contribution in [0.25, 0.3) is 0 Å². The predicted molar refractivity (Wildman–Crippen MR) is 52.2 cm³/mol. The smallest absolute Gasteiger partial charge is 0.223 e. The molecule has 1 amide bonds. The van der Waals surface area contributed by atoms with Crippen molar-refractivity contribution in [3.05, 3.63) is 29.6 Å². The van der Waals surface area contributed by atoms with Crippen molar-refractivity contribution in [2.75, 3.05) is 0 Å². The Bertz CT molecular complexity index is 374. The van der Waals surface area contributed by atoms with E-state index in [1.54, 1.807) is 0 Å². The molecule has 0 radical (unpaired) electrons. The molecule has 0 fully saturated rings. The van der Waals surface area contributed by atoms with Crippen molar-refractivity contribution < 1.29 is 9.36 Å². The molecular weight excluding hydrogens is 176 g/mol. The van der Waals surface area contributed by atoms with Gasteiger partial charge in [0, 0.05) is 18.1 Å². The zero-order valence-electron chi connectivity index (χ0n) is 8.66. The average Bonchev–Trinajstić information content (AvgIpc) is 2.62. The van der Waals surface area contributed by atoms with Crippen LogP contribution in [0, 0.1) is 0 Å². The van der Waals surface area contributed by atoms with Gasteiger partial charge < -0.3 is 4.90 Å². The van der Waals surface area contributed by atoms with Gasteiger partial charge in [0.25, 0.3) is 0 Å². The van der Waals surface area contributed by atoms with E-state index >= 15 is 0 Å². The fraction of sp³-hybridized carbons (Fsp3) is 0.455. The Labute approximate surface area is 84.0 Å². The normalized spacial score (nSPS) is 14.3. The Balaban J connectivity index is 2.26. The highest BCUT2D eigenvalue weighted by atomic mass is 16.2. The number of aryl methyl sites for hydroxylation is 1. The quantitative estimate of drug-likeness (QED) is 0.601. The molecule has 1 aromatic heterocycles. The van der Waals surface area contributed by atoms with Crippen molar-refractivity contribution in [2.45, 2.75) is 26.4 Å². The summed E-state index contributed by atoms with van der Waals surface area (Å²) in [5.41, 5.74) is 2.53. The molecule has 0 aliphatic carbocycles. The second-order valence-corrected chi connectivity index (χ2v) is 3.69. The second-order valence-electron chi connectivity index (χ2n) is 3.69. The van der Waals surface area contributed by atoms with Gasteiger partial charge in [0.05, 0.1) is 6.54 Å². The summed E-state index contributed by atoms with van der Waals surface area (Å²) in [6.07, 6.45) is 2.62. The second kappa shape index (κ2) is 3.40. The van der Waals surface area contributed by atoms with Crippen LogP contribution in [-0.2, 0) is 24.9 Å². The molecule has 74 valence electrons. The van der Waals surface area contributed by atoms with Crippen molar-refractivity contribution in [3.8, 4) is 0 Å². The first-order valence-corrected chi connectivity index (χ1v) is 4.96. The van der Waals surface area contributed by atoms with E-state index in [0.29, 0.717) is 6.42 Å². The number of fused-ring (bicyclic) bond motifs is 1. The summed E-state index contributed by atoms with van der Waals surface area (Å²) in [6, 6.07) is 4.12. The molecule has 2 rings (SSSR count). The van der Waals surface area contributed by atoms with Crippen molar-refractivity contribution in [3.63, 3.8) is 0 Å². The van der Waals surface area contributed by atoms with E-state index < -0.39 is 0 Å². The van der Waals surface area contributed by atoms with Gasteiger partial charge in [-0.2, -0.15) is 0 Å². The van der Waals surface area contributed by atoms with E-state index in [4.69, 9.17) is 0 Å². The monoisotopic (exact) mass is 191 g/mol. The molecule has 2 heterocycles. The van der Waals surface area contributed by atoms with Crippen LogP contribution >= 0.6 is 0 Å². The molecule has 0 atom stereocenters. The standard InChI is InChI=1S/C11H15N2O/c1-3-11(14)13-7-9-5-4-6-12(2)10(9)8-13/h4-6H,3,7-8H2,1-2H3/q+1. The van der Waals surface area contributed by atoms with Gasteiger partial charge in [0.15, 0.2) is 6.20 Å². The fourth-order valence-electron chi connectivity index (χ4n) is 1.90. The molecule has 0 saturated carbocycles. The van der Waals surface area contributed by atoms with E-state index in [2.05, 4.69) is 10.6 Å². The van der Waals surface area contributed by atoms with Crippen LogP contribution in [0.1, 0.15) is 24.6 Å². The minimum Gasteiger partial charge on any atom is -0.328 e. The minimum absolute atomic E-state index is 0.237. The lowest BCUT2D eigenvalue weighted by molar-refractivity contribution is -0.679. The molecular formula is C11H15N2O+. The van der Waals surface area contributed by atoms with E-state index in [9.17, 15) is 4.79 Å². The van der Waals surface area contributed by atoms with Crippen molar-refractivity contribution in [1.82, 2.24) is 4.90 Å². The van der Waals surface area contributed by atoms with Crippen LogP contribution < -0.4 is 4.57 Å². The Morgan fingerprint density at radius 1 is 1.57 bits per heavy atom. The van der Waals surface area contributed by atoms with E-state index in [1.807, 2.05) is 31.1 Å². The fourth-order valence-corrected chi connectivity index (χ4v) is 1.90. The Hall–Kier alpha value is -1.38. The summed E-state index contributed by atoms with van der Waals surface area (Å²) in [4.78, 5) is 13.4. The van der Waals surface area contributed by atoms with E-state index in [-0.39, 0.29) is 5.91 Å². The Morgan fingerprint density at radius 3 is 3.00 bits per heavy atom. The molecule has 0 N–H and O–H groups in total. The van der Waals surface area contributed by atoms with Crippen LogP contribution in [0.5, 0.6) is 0 Å². The minimum atomic E-state index is 0.237. The van der Waals surface area contributed by atoms with Crippen molar-refractivity contribution >= 4 is 5.91 Å². The first kappa shape index (κ1) is 9.19. The lowest BCUT2D eigenvalue weighted by Crippen LogP contribution is -2.34. The number of rotatable bonds is 1. The number of carbonyl (C=O) groups excluding carboxylic acids is 1. The molecule has 0 spiro atoms. The predicted octanol–water partition coefficient (Wildman–Crippen LogP) is 0.763. The third-order valence-electron chi connectivity index (χ3n) is 2.76. The third kappa shape index (κ3) is 1.39. The van der Waals surface area contributed by atoms with Gasteiger partial charge in [-0.25, -0.2) is 4.57 Å². The number of hydrogen-bond acceptors (Lipinski definition) is 1. The van der Waals surface area contributed by atoms with Gasteiger partial charge >= 0.3 is 0 Å². The SMILES string of the molecule is CCC(=O)N1Cc2ccc[n+](C)c2C1. The maximum absolute atomic E-state index is 11.5. The molecule has 0 unspecified atom stereocenters. The molecule has 0 saturated heterocycles. The molecule has 1 aromatic rings. The summed E-state index contributed by atoms with van der Waals surface area (Å²) in [5, 5.41) is 0. The van der Waals surface area contributed by atoms with Gasteiger partial charge in [-0.1, -0.05) is 6.92 Å². The average molecular weight is 191 g/mol. The van der Waals surface area contributed by atoms with Gasteiger partial charge in [-0.3, -0.25) is 4.79 Å². The van der Waals surface area contributed by atoms with Crippen LogP contribution in [0.2, 0.25) is 0 Å². The number of hydrogen-bond donors (Lipinski definition) is 0. The summed E-state index contributed by atoms with van der Waals surface area (Å²) >= 11 is 0. The number of nitrogens with zero attached hydrogens (tertiary/aromatic N) is 2. The molecule has 0 bridgehead atoms. The first-order valence-electron chi connectivity index (χ1n) is 4.96. The van der Waals surface area contributed by atoms with Gasteiger partial charge in [0.2, 0.25) is 11.6 Å². The van der Waals surface area contributed by atoms with Gasteiger partial charge in [-0.05, 0) is 6.07 Å². The molecule has 3 nitrogen and oxygen atoms in total. The Kier molecular flexibility index (Phi) is 2.23. The highest BCUT2D eigenvalue weighted by Crippen LogP contribution is 2.19. The largest absolute Gasteiger partial charge is 0.328 e. The highest BCUT2D eigenvalue weighted by Gasteiger charge is 2.27. The summed E-state index contributed by atoms with van der Waals surface area (Å²) in [7, 11) is 2.03. The number of carbonyl (C=O) groups is 1. The summed E-state index contributed by atoms with van der Waals surface area (Å²) < 4.78 is 2.10. The van der Waals surface area contributed by atoms with Gasteiger partial charge in [0.1, 0.15) is 13.6 Å². The van der Waals surface area contributed by atoms with Crippen LogP contribution in [0.3, 0.4) is 0 Å². The maximum atomic E-state index is 11.5. The van der Waals surface area contributed by atoms with E-state index in [0.717, 1.165) is 13.1 Å². The van der Waals surface area contributed by atoms with Crippen LogP contribution in [-0.4, -0.2) is 10.8 Å². The molecule has 3 heteroatoms. The molecule has 0 aromatic carbocycles. The first-order chi connectivity index (χ1) is 6.72. The topological polar surface area (TPSA) is 24.2 Å². The zero-order chi connectivity index (χ0) is 10.1.